The Hall–Kier alpha value is -0.380. The standard InChI is InChI=1S/C10H15BrN2/c1-7(12)10(13-2)8-5-3-4-6-9(8)11/h3-7,10,13H,12H2,1-2H3. The number of hydrogen-bond acceptors (Lipinski definition) is 2. The average molecular weight is 243 g/mol. The molecule has 0 amide bonds. The molecule has 3 N–H and O–H groups in total. The Kier molecular flexibility index (Phi) is 3.90. The lowest BCUT2D eigenvalue weighted by Gasteiger charge is -2.21. The zero-order valence-corrected chi connectivity index (χ0v) is 9.51. The Labute approximate surface area is 87.6 Å². The summed E-state index contributed by atoms with van der Waals surface area (Å²) in [7, 11) is 1.92. The monoisotopic (exact) mass is 242 g/mol. The number of nitrogens with two attached hydrogens (primary N) is 1. The summed E-state index contributed by atoms with van der Waals surface area (Å²) < 4.78 is 1.10. The molecule has 1 aromatic rings. The van der Waals surface area contributed by atoms with E-state index in [4.69, 9.17) is 5.73 Å². The highest BCUT2D eigenvalue weighted by Gasteiger charge is 2.15. The molecule has 0 aliphatic rings. The Balaban J connectivity index is 2.97. The van der Waals surface area contributed by atoms with Crippen LogP contribution in [0.3, 0.4) is 0 Å². The molecule has 0 heterocycles. The first kappa shape index (κ1) is 10.7. The highest BCUT2D eigenvalue weighted by molar-refractivity contribution is 9.10. The molecule has 13 heavy (non-hydrogen) atoms. The number of hydrogen-bond donors (Lipinski definition) is 2. The average Bonchev–Trinajstić information content (AvgIpc) is 2.09. The Bertz CT molecular complexity index is 273. The molecule has 1 rings (SSSR count). The molecule has 0 saturated carbocycles. The van der Waals surface area contributed by atoms with Gasteiger partial charge in [0.2, 0.25) is 0 Å². The third-order valence-corrected chi connectivity index (χ3v) is 2.80. The largest absolute Gasteiger partial charge is 0.326 e. The lowest BCUT2D eigenvalue weighted by Crippen LogP contribution is -2.33. The number of nitrogens with one attached hydrogen (secondary N) is 1. The normalized spacial score (nSPS) is 15.4. The summed E-state index contributed by atoms with van der Waals surface area (Å²) in [4.78, 5) is 0. The molecule has 2 unspecified atom stereocenters. The molecule has 0 aromatic heterocycles. The third kappa shape index (κ3) is 2.53. The van der Waals surface area contributed by atoms with E-state index in [9.17, 15) is 0 Å². The van der Waals surface area contributed by atoms with E-state index in [1.54, 1.807) is 0 Å². The number of rotatable bonds is 3. The summed E-state index contributed by atoms with van der Waals surface area (Å²) in [5.74, 6) is 0. The van der Waals surface area contributed by atoms with Crippen LogP contribution in [0, 0.1) is 0 Å². The highest BCUT2D eigenvalue weighted by atomic mass is 79.9. The minimum Gasteiger partial charge on any atom is -0.326 e. The van der Waals surface area contributed by atoms with Gasteiger partial charge in [0, 0.05) is 16.6 Å². The summed E-state index contributed by atoms with van der Waals surface area (Å²) >= 11 is 3.51. The second-order valence-electron chi connectivity index (χ2n) is 3.15. The van der Waals surface area contributed by atoms with Gasteiger partial charge in [0.25, 0.3) is 0 Å². The molecule has 2 nitrogen and oxygen atoms in total. The Morgan fingerprint density at radius 3 is 2.46 bits per heavy atom. The van der Waals surface area contributed by atoms with E-state index in [-0.39, 0.29) is 12.1 Å². The van der Waals surface area contributed by atoms with Gasteiger partial charge >= 0.3 is 0 Å². The fourth-order valence-corrected chi connectivity index (χ4v) is 1.96. The van der Waals surface area contributed by atoms with Crippen molar-refractivity contribution in [3.05, 3.63) is 34.3 Å². The highest BCUT2D eigenvalue weighted by Crippen LogP contribution is 2.24. The Morgan fingerprint density at radius 2 is 2.00 bits per heavy atom. The van der Waals surface area contributed by atoms with Gasteiger partial charge in [-0.2, -0.15) is 0 Å². The molecule has 0 aliphatic carbocycles. The lowest BCUT2D eigenvalue weighted by atomic mass is 10.0. The maximum atomic E-state index is 5.86. The van der Waals surface area contributed by atoms with Crippen molar-refractivity contribution in [3.8, 4) is 0 Å². The van der Waals surface area contributed by atoms with E-state index in [2.05, 4.69) is 27.3 Å². The van der Waals surface area contributed by atoms with E-state index in [1.807, 2.05) is 32.2 Å². The van der Waals surface area contributed by atoms with Crippen molar-refractivity contribution in [2.75, 3.05) is 7.05 Å². The van der Waals surface area contributed by atoms with E-state index >= 15 is 0 Å². The first-order valence-electron chi connectivity index (χ1n) is 4.34. The Morgan fingerprint density at radius 1 is 1.38 bits per heavy atom. The molecule has 0 spiro atoms. The molecule has 0 radical (unpaired) electrons. The van der Waals surface area contributed by atoms with Crippen LogP contribution in [0.1, 0.15) is 18.5 Å². The number of benzene rings is 1. The van der Waals surface area contributed by atoms with Crippen molar-refractivity contribution < 1.29 is 0 Å². The lowest BCUT2D eigenvalue weighted by molar-refractivity contribution is 0.502. The van der Waals surface area contributed by atoms with E-state index in [1.165, 1.54) is 5.56 Å². The smallest absolute Gasteiger partial charge is 0.0479 e. The molecule has 0 saturated heterocycles. The van der Waals surface area contributed by atoms with Gasteiger partial charge in [-0.15, -0.1) is 0 Å². The molecule has 1 aromatic carbocycles. The van der Waals surface area contributed by atoms with Crippen LogP contribution >= 0.6 is 15.9 Å². The summed E-state index contributed by atoms with van der Waals surface area (Å²) in [6.45, 7) is 2.00. The fraction of sp³-hybridized carbons (Fsp3) is 0.400. The van der Waals surface area contributed by atoms with Gasteiger partial charge in [0.1, 0.15) is 0 Å². The van der Waals surface area contributed by atoms with E-state index in [0.29, 0.717) is 0 Å². The number of halogens is 1. The first-order chi connectivity index (χ1) is 6.16. The maximum Gasteiger partial charge on any atom is 0.0479 e. The second-order valence-corrected chi connectivity index (χ2v) is 4.00. The molecule has 0 bridgehead atoms. The quantitative estimate of drug-likeness (QED) is 0.852. The van der Waals surface area contributed by atoms with Crippen LogP contribution in [-0.2, 0) is 0 Å². The molecular formula is C10H15BrN2. The molecule has 0 aliphatic heterocycles. The van der Waals surface area contributed by atoms with E-state index in [0.717, 1.165) is 4.47 Å². The summed E-state index contributed by atoms with van der Waals surface area (Å²) in [5.41, 5.74) is 7.07. The van der Waals surface area contributed by atoms with Crippen LogP contribution < -0.4 is 11.1 Å². The third-order valence-electron chi connectivity index (χ3n) is 2.08. The van der Waals surface area contributed by atoms with Crippen molar-refractivity contribution in [2.45, 2.75) is 19.0 Å². The van der Waals surface area contributed by atoms with Crippen LogP contribution in [0.4, 0.5) is 0 Å². The summed E-state index contributed by atoms with van der Waals surface area (Å²) in [6, 6.07) is 8.43. The predicted molar refractivity (Wildman–Crippen MR) is 59.6 cm³/mol. The van der Waals surface area contributed by atoms with Crippen LogP contribution in [0.15, 0.2) is 28.7 Å². The van der Waals surface area contributed by atoms with Crippen molar-refractivity contribution in [2.24, 2.45) is 5.73 Å². The van der Waals surface area contributed by atoms with Gasteiger partial charge in [-0.25, -0.2) is 0 Å². The number of likely N-dealkylation sites (N-methyl/N-ethyl adjacent to an activating group) is 1. The molecular weight excluding hydrogens is 228 g/mol. The van der Waals surface area contributed by atoms with Crippen LogP contribution in [0.25, 0.3) is 0 Å². The van der Waals surface area contributed by atoms with Gasteiger partial charge in [0.15, 0.2) is 0 Å². The minimum absolute atomic E-state index is 0.101. The van der Waals surface area contributed by atoms with Crippen molar-refractivity contribution >= 4 is 15.9 Å². The molecule has 0 fully saturated rings. The van der Waals surface area contributed by atoms with Crippen LogP contribution in [-0.4, -0.2) is 13.1 Å². The van der Waals surface area contributed by atoms with Crippen molar-refractivity contribution in [1.82, 2.24) is 5.32 Å². The topological polar surface area (TPSA) is 38.0 Å². The van der Waals surface area contributed by atoms with Gasteiger partial charge < -0.3 is 11.1 Å². The first-order valence-corrected chi connectivity index (χ1v) is 5.13. The predicted octanol–water partition coefficient (Wildman–Crippen LogP) is 2.06. The van der Waals surface area contributed by atoms with Gasteiger partial charge in [-0.3, -0.25) is 0 Å². The minimum atomic E-state index is 0.101. The van der Waals surface area contributed by atoms with Crippen LogP contribution in [0.2, 0.25) is 0 Å². The van der Waals surface area contributed by atoms with Crippen molar-refractivity contribution in [1.29, 1.82) is 0 Å². The molecule has 2 atom stereocenters. The maximum absolute atomic E-state index is 5.86. The van der Waals surface area contributed by atoms with Crippen LogP contribution in [0.5, 0.6) is 0 Å². The molecule has 3 heteroatoms. The second kappa shape index (κ2) is 4.74. The van der Waals surface area contributed by atoms with Gasteiger partial charge in [-0.05, 0) is 25.6 Å². The molecule has 72 valence electrons. The zero-order valence-electron chi connectivity index (χ0n) is 7.92. The zero-order chi connectivity index (χ0) is 9.84. The van der Waals surface area contributed by atoms with Gasteiger partial charge in [-0.1, -0.05) is 34.1 Å². The van der Waals surface area contributed by atoms with Gasteiger partial charge in [0.05, 0.1) is 0 Å². The van der Waals surface area contributed by atoms with Crippen molar-refractivity contribution in [3.63, 3.8) is 0 Å². The summed E-state index contributed by atoms with van der Waals surface area (Å²) in [5, 5.41) is 3.20. The fourth-order valence-electron chi connectivity index (χ4n) is 1.43. The summed E-state index contributed by atoms with van der Waals surface area (Å²) in [6.07, 6.45) is 0. The van der Waals surface area contributed by atoms with E-state index < -0.39 is 0 Å². The SMILES string of the molecule is CNC(c1ccccc1Br)C(C)N.